The molecule has 2 rings (SSSR count). The molecular weight excluding hydrogens is 380 g/mol. The molecule has 0 radical (unpaired) electrons. The van der Waals surface area contributed by atoms with Gasteiger partial charge < -0.3 is 10.5 Å². The number of piperidine rings is 1. The summed E-state index contributed by atoms with van der Waals surface area (Å²) < 4.78 is 32.9. The number of rotatable bonds is 4. The van der Waals surface area contributed by atoms with E-state index in [0.29, 0.717) is 23.3 Å². The first-order valence-corrected chi connectivity index (χ1v) is 8.79. The van der Waals surface area contributed by atoms with Crippen LogP contribution in [0.3, 0.4) is 0 Å². The molecule has 0 saturated carbocycles. The summed E-state index contributed by atoms with van der Waals surface area (Å²) in [6.45, 7) is 0.878. The Morgan fingerprint density at radius 1 is 1.38 bits per heavy atom. The molecule has 0 amide bonds. The van der Waals surface area contributed by atoms with Gasteiger partial charge in [0, 0.05) is 29.7 Å². The summed E-state index contributed by atoms with van der Waals surface area (Å²) in [5, 5.41) is 0. The van der Waals surface area contributed by atoms with Crippen LogP contribution in [0.4, 0.5) is 0 Å². The molecule has 1 heterocycles. The molecule has 0 bridgehead atoms. The quantitative estimate of drug-likeness (QED) is 0.843. The van der Waals surface area contributed by atoms with Crippen LogP contribution in [0.25, 0.3) is 0 Å². The van der Waals surface area contributed by atoms with E-state index in [1.54, 1.807) is 18.2 Å². The zero-order valence-corrected chi connectivity index (χ0v) is 15.0. The van der Waals surface area contributed by atoms with E-state index < -0.39 is 10.0 Å². The van der Waals surface area contributed by atoms with Gasteiger partial charge in [0.05, 0.1) is 12.0 Å². The lowest BCUT2D eigenvalue weighted by Crippen LogP contribution is -2.47. The SMILES string of the molecule is COc1cc(Br)cc(S(=O)(=O)N2CCCCC2CN)c1.Cl. The molecule has 1 aliphatic rings. The fourth-order valence-electron chi connectivity index (χ4n) is 2.47. The average Bonchev–Trinajstić information content (AvgIpc) is 2.46. The van der Waals surface area contributed by atoms with Crippen molar-refractivity contribution in [1.29, 1.82) is 0 Å². The summed E-state index contributed by atoms with van der Waals surface area (Å²) in [6, 6.07) is 4.76. The third-order valence-electron chi connectivity index (χ3n) is 3.53. The van der Waals surface area contributed by atoms with Gasteiger partial charge >= 0.3 is 0 Å². The lowest BCUT2D eigenvalue weighted by atomic mass is 10.1. The number of ether oxygens (including phenoxy) is 1. The molecule has 8 heteroatoms. The van der Waals surface area contributed by atoms with Crippen LogP contribution in [0.5, 0.6) is 5.75 Å². The Morgan fingerprint density at radius 2 is 2.10 bits per heavy atom. The minimum absolute atomic E-state index is 0. The molecule has 1 aromatic carbocycles. The van der Waals surface area contributed by atoms with E-state index in [2.05, 4.69) is 15.9 Å². The summed E-state index contributed by atoms with van der Waals surface area (Å²) in [5.74, 6) is 0.513. The van der Waals surface area contributed by atoms with Gasteiger partial charge in [0.1, 0.15) is 5.75 Å². The highest BCUT2D eigenvalue weighted by Crippen LogP contribution is 2.29. The highest BCUT2D eigenvalue weighted by atomic mass is 79.9. The summed E-state index contributed by atoms with van der Waals surface area (Å²) in [4.78, 5) is 0.240. The number of halogens is 2. The molecule has 5 nitrogen and oxygen atoms in total. The predicted octanol–water partition coefficient (Wildman–Crippen LogP) is 2.38. The number of benzene rings is 1. The Labute approximate surface area is 140 Å². The number of nitrogens with two attached hydrogens (primary N) is 1. The Balaban J connectivity index is 0.00000220. The molecule has 0 aliphatic carbocycles. The zero-order chi connectivity index (χ0) is 14.8. The van der Waals surface area contributed by atoms with Crippen molar-refractivity contribution in [2.45, 2.75) is 30.2 Å². The van der Waals surface area contributed by atoms with E-state index in [4.69, 9.17) is 10.5 Å². The highest BCUT2D eigenvalue weighted by molar-refractivity contribution is 9.10. The van der Waals surface area contributed by atoms with Gasteiger partial charge in [-0.25, -0.2) is 8.42 Å². The van der Waals surface area contributed by atoms with E-state index in [0.717, 1.165) is 19.3 Å². The smallest absolute Gasteiger partial charge is 0.243 e. The Morgan fingerprint density at radius 3 is 2.71 bits per heavy atom. The number of hydrogen-bond donors (Lipinski definition) is 1. The van der Waals surface area contributed by atoms with Crippen LogP contribution in [0, 0.1) is 0 Å². The average molecular weight is 400 g/mol. The van der Waals surface area contributed by atoms with Crippen molar-refractivity contribution in [2.75, 3.05) is 20.2 Å². The van der Waals surface area contributed by atoms with Crippen molar-refractivity contribution < 1.29 is 13.2 Å². The Bertz CT molecular complexity index is 583. The van der Waals surface area contributed by atoms with Crippen molar-refractivity contribution in [3.05, 3.63) is 22.7 Å². The van der Waals surface area contributed by atoms with E-state index in [1.807, 2.05) is 0 Å². The first kappa shape index (κ1) is 18.7. The monoisotopic (exact) mass is 398 g/mol. The summed E-state index contributed by atoms with van der Waals surface area (Å²) in [6.07, 6.45) is 2.72. The molecule has 1 atom stereocenters. The third kappa shape index (κ3) is 4.10. The molecule has 2 N–H and O–H groups in total. The Hall–Kier alpha value is -0.340. The van der Waals surface area contributed by atoms with E-state index in [9.17, 15) is 8.42 Å². The van der Waals surface area contributed by atoms with Crippen LogP contribution < -0.4 is 10.5 Å². The van der Waals surface area contributed by atoms with Crippen LogP contribution in [-0.2, 0) is 10.0 Å². The first-order valence-electron chi connectivity index (χ1n) is 6.55. The van der Waals surface area contributed by atoms with Gasteiger partial charge in [0.25, 0.3) is 0 Å². The largest absolute Gasteiger partial charge is 0.497 e. The van der Waals surface area contributed by atoms with Gasteiger partial charge in [-0.15, -0.1) is 12.4 Å². The molecular formula is C13H20BrClN2O3S. The maximum atomic E-state index is 12.8. The van der Waals surface area contributed by atoms with Crippen LogP contribution in [0.15, 0.2) is 27.6 Å². The lowest BCUT2D eigenvalue weighted by molar-refractivity contribution is 0.257. The molecule has 1 aromatic rings. The highest BCUT2D eigenvalue weighted by Gasteiger charge is 2.33. The maximum Gasteiger partial charge on any atom is 0.243 e. The fourth-order valence-corrected chi connectivity index (χ4v) is 4.85. The molecule has 1 aliphatic heterocycles. The second kappa shape index (κ2) is 7.78. The van der Waals surface area contributed by atoms with Gasteiger partial charge in [0.15, 0.2) is 0 Å². The van der Waals surface area contributed by atoms with E-state index in [-0.39, 0.29) is 23.3 Å². The zero-order valence-electron chi connectivity index (χ0n) is 11.8. The standard InChI is InChI=1S/C13H19BrN2O3S.ClH/c1-19-12-6-10(14)7-13(8-12)20(17,18)16-5-3-2-4-11(16)9-15;/h6-8,11H,2-5,9,15H2,1H3;1H. The molecule has 0 aromatic heterocycles. The first-order chi connectivity index (χ1) is 9.48. The number of sulfonamides is 1. The normalized spacial score (nSPS) is 19.9. The number of hydrogen-bond acceptors (Lipinski definition) is 4. The maximum absolute atomic E-state index is 12.8. The second-order valence-corrected chi connectivity index (χ2v) is 7.63. The molecule has 0 spiro atoms. The van der Waals surface area contributed by atoms with Crippen molar-refractivity contribution in [3.63, 3.8) is 0 Å². The van der Waals surface area contributed by atoms with Gasteiger partial charge in [-0.3, -0.25) is 0 Å². The molecule has 1 saturated heterocycles. The lowest BCUT2D eigenvalue weighted by Gasteiger charge is -2.33. The topological polar surface area (TPSA) is 72.6 Å². The molecule has 1 unspecified atom stereocenters. The van der Waals surface area contributed by atoms with Gasteiger partial charge in [-0.05, 0) is 25.0 Å². The van der Waals surface area contributed by atoms with Crippen molar-refractivity contribution in [1.82, 2.24) is 4.31 Å². The van der Waals surface area contributed by atoms with Crippen molar-refractivity contribution >= 4 is 38.4 Å². The summed E-state index contributed by atoms with van der Waals surface area (Å²) >= 11 is 3.31. The third-order valence-corrected chi connectivity index (χ3v) is 5.92. The van der Waals surface area contributed by atoms with Gasteiger partial charge in [-0.2, -0.15) is 4.31 Å². The second-order valence-electron chi connectivity index (χ2n) is 4.83. The summed E-state index contributed by atoms with van der Waals surface area (Å²) in [5.41, 5.74) is 5.71. The van der Waals surface area contributed by atoms with Crippen LogP contribution in [-0.4, -0.2) is 39.0 Å². The van der Waals surface area contributed by atoms with Crippen molar-refractivity contribution in [3.8, 4) is 5.75 Å². The van der Waals surface area contributed by atoms with Crippen LogP contribution in [0.1, 0.15) is 19.3 Å². The number of nitrogens with zero attached hydrogens (tertiary/aromatic N) is 1. The number of methoxy groups -OCH3 is 1. The minimum Gasteiger partial charge on any atom is -0.497 e. The Kier molecular flexibility index (Phi) is 6.93. The van der Waals surface area contributed by atoms with E-state index >= 15 is 0 Å². The fraction of sp³-hybridized carbons (Fsp3) is 0.538. The molecule has 1 fully saturated rings. The minimum atomic E-state index is -3.54. The summed E-state index contributed by atoms with van der Waals surface area (Å²) in [7, 11) is -2.02. The molecule has 120 valence electrons. The van der Waals surface area contributed by atoms with E-state index in [1.165, 1.54) is 11.4 Å². The molecule has 21 heavy (non-hydrogen) atoms. The van der Waals surface area contributed by atoms with Gasteiger partial charge in [0.2, 0.25) is 10.0 Å². The van der Waals surface area contributed by atoms with Gasteiger partial charge in [-0.1, -0.05) is 22.4 Å². The predicted molar refractivity (Wildman–Crippen MR) is 88.5 cm³/mol. The van der Waals surface area contributed by atoms with Crippen LogP contribution in [0.2, 0.25) is 0 Å². The van der Waals surface area contributed by atoms with Crippen molar-refractivity contribution in [2.24, 2.45) is 5.73 Å². The van der Waals surface area contributed by atoms with Crippen LogP contribution >= 0.6 is 28.3 Å².